The average molecular weight is 288 g/mol. The molecule has 1 aliphatic rings. The lowest BCUT2D eigenvalue weighted by atomic mass is 10.1. The number of carboxylic acid groups (broad SMARTS) is 1. The molecule has 0 aliphatic carbocycles. The summed E-state index contributed by atoms with van der Waals surface area (Å²) in [6, 6.07) is -0.691. The molecule has 7 heteroatoms. The molecule has 1 unspecified atom stereocenters. The summed E-state index contributed by atoms with van der Waals surface area (Å²) in [5.74, 6) is -0.937. The lowest BCUT2D eigenvalue weighted by Crippen LogP contribution is -2.55. The van der Waals surface area contributed by atoms with Crippen LogP contribution in [0.1, 0.15) is 27.2 Å². The van der Waals surface area contributed by atoms with Crippen LogP contribution in [0.5, 0.6) is 0 Å². The van der Waals surface area contributed by atoms with Crippen molar-refractivity contribution in [3.63, 3.8) is 0 Å². The number of hydrogen-bond donors (Lipinski definition) is 2. The lowest BCUT2D eigenvalue weighted by Gasteiger charge is -2.35. The molecule has 0 aromatic heterocycles. The van der Waals surface area contributed by atoms with Crippen molar-refractivity contribution >= 4 is 12.0 Å². The first-order valence-electron chi connectivity index (χ1n) is 6.83. The minimum atomic E-state index is -0.937. The van der Waals surface area contributed by atoms with Crippen molar-refractivity contribution in [1.29, 1.82) is 0 Å². The molecule has 1 saturated heterocycles. The molecule has 2 amide bonds. The van der Waals surface area contributed by atoms with Crippen LogP contribution >= 0.6 is 0 Å². The minimum absolute atomic E-state index is 0.109. The molecule has 116 valence electrons. The highest BCUT2D eigenvalue weighted by Crippen LogP contribution is 2.12. The van der Waals surface area contributed by atoms with E-state index in [0.29, 0.717) is 26.3 Å². The van der Waals surface area contributed by atoms with E-state index in [2.05, 4.69) is 5.32 Å². The fraction of sp³-hybridized carbons (Fsp3) is 0.846. The molecule has 1 aliphatic heterocycles. The van der Waals surface area contributed by atoms with Gasteiger partial charge in [0.05, 0.1) is 31.3 Å². The Bertz CT molecular complexity index is 346. The summed E-state index contributed by atoms with van der Waals surface area (Å²) < 4.78 is 10.7. The van der Waals surface area contributed by atoms with Crippen LogP contribution in [0.4, 0.5) is 4.79 Å². The summed E-state index contributed by atoms with van der Waals surface area (Å²) in [7, 11) is 0. The summed E-state index contributed by atoms with van der Waals surface area (Å²) in [5, 5.41) is 11.7. The summed E-state index contributed by atoms with van der Waals surface area (Å²) >= 11 is 0. The second-order valence-electron chi connectivity index (χ2n) is 5.37. The van der Waals surface area contributed by atoms with Gasteiger partial charge >= 0.3 is 12.0 Å². The SMILES string of the molecule is CCOC(C)(C)CNC(=O)N1CCOCC1CC(=O)O. The van der Waals surface area contributed by atoms with Gasteiger partial charge in [0.15, 0.2) is 0 Å². The van der Waals surface area contributed by atoms with Gasteiger partial charge in [-0.15, -0.1) is 0 Å². The Labute approximate surface area is 119 Å². The number of amides is 2. The molecule has 0 radical (unpaired) electrons. The van der Waals surface area contributed by atoms with Gasteiger partial charge in [0.1, 0.15) is 0 Å². The van der Waals surface area contributed by atoms with Crippen LogP contribution in [0.3, 0.4) is 0 Å². The van der Waals surface area contributed by atoms with Gasteiger partial charge in [-0.3, -0.25) is 4.79 Å². The maximum absolute atomic E-state index is 12.2. The van der Waals surface area contributed by atoms with E-state index >= 15 is 0 Å². The monoisotopic (exact) mass is 288 g/mol. The molecule has 1 rings (SSSR count). The maximum Gasteiger partial charge on any atom is 0.317 e. The smallest absolute Gasteiger partial charge is 0.317 e. The first-order valence-corrected chi connectivity index (χ1v) is 6.83. The Morgan fingerprint density at radius 3 is 2.80 bits per heavy atom. The molecule has 0 aromatic rings. The average Bonchev–Trinajstić information content (AvgIpc) is 2.36. The minimum Gasteiger partial charge on any atom is -0.481 e. The van der Waals surface area contributed by atoms with Crippen LogP contribution < -0.4 is 5.32 Å². The number of morpholine rings is 1. The standard InChI is InChI=1S/C13H24N2O5/c1-4-20-13(2,3)9-14-12(18)15-5-6-19-8-10(15)7-11(16)17/h10H,4-9H2,1-3H3,(H,14,18)(H,16,17). The molecule has 0 bridgehead atoms. The van der Waals surface area contributed by atoms with E-state index in [1.54, 1.807) is 0 Å². The zero-order valence-electron chi connectivity index (χ0n) is 12.3. The highest BCUT2D eigenvalue weighted by Gasteiger charge is 2.30. The summed E-state index contributed by atoms with van der Waals surface area (Å²) in [6.45, 7) is 7.72. The van der Waals surface area contributed by atoms with Crippen molar-refractivity contribution in [1.82, 2.24) is 10.2 Å². The summed E-state index contributed by atoms with van der Waals surface area (Å²) in [5.41, 5.74) is -0.445. The van der Waals surface area contributed by atoms with Gasteiger partial charge in [0.2, 0.25) is 0 Å². The van der Waals surface area contributed by atoms with Crippen molar-refractivity contribution in [3.05, 3.63) is 0 Å². The summed E-state index contributed by atoms with van der Waals surface area (Å²) in [6.07, 6.45) is -0.109. The molecule has 1 atom stereocenters. The van der Waals surface area contributed by atoms with Gasteiger partial charge in [0, 0.05) is 19.7 Å². The van der Waals surface area contributed by atoms with Crippen LogP contribution in [0, 0.1) is 0 Å². The molecule has 2 N–H and O–H groups in total. The number of nitrogens with zero attached hydrogens (tertiary/aromatic N) is 1. The first-order chi connectivity index (χ1) is 9.35. The Kier molecular flexibility index (Phi) is 6.22. The predicted octanol–water partition coefficient (Wildman–Crippen LogP) is 0.687. The number of carboxylic acids is 1. The van der Waals surface area contributed by atoms with Crippen LogP contribution in [-0.2, 0) is 14.3 Å². The second-order valence-corrected chi connectivity index (χ2v) is 5.37. The van der Waals surface area contributed by atoms with Crippen molar-refractivity contribution in [2.45, 2.75) is 38.8 Å². The van der Waals surface area contributed by atoms with E-state index in [1.165, 1.54) is 4.90 Å². The highest BCUT2D eigenvalue weighted by molar-refractivity contribution is 5.76. The highest BCUT2D eigenvalue weighted by atomic mass is 16.5. The fourth-order valence-electron chi connectivity index (χ4n) is 2.12. The van der Waals surface area contributed by atoms with E-state index in [-0.39, 0.29) is 19.1 Å². The second kappa shape index (κ2) is 7.44. The molecule has 1 fully saturated rings. The zero-order chi connectivity index (χ0) is 15.2. The molecular formula is C13H24N2O5. The van der Waals surface area contributed by atoms with Crippen molar-refractivity contribution in [3.8, 4) is 0 Å². The molecule has 1 heterocycles. The number of urea groups is 1. The van der Waals surface area contributed by atoms with E-state index in [4.69, 9.17) is 14.6 Å². The third-order valence-corrected chi connectivity index (χ3v) is 3.10. The lowest BCUT2D eigenvalue weighted by molar-refractivity contribution is -0.139. The van der Waals surface area contributed by atoms with Crippen LogP contribution in [0.15, 0.2) is 0 Å². The van der Waals surface area contributed by atoms with E-state index in [0.717, 1.165) is 0 Å². The van der Waals surface area contributed by atoms with Crippen molar-refractivity contribution < 1.29 is 24.2 Å². The van der Waals surface area contributed by atoms with Gasteiger partial charge < -0.3 is 24.8 Å². The van der Waals surface area contributed by atoms with Gasteiger partial charge in [-0.2, -0.15) is 0 Å². The van der Waals surface area contributed by atoms with E-state index in [9.17, 15) is 9.59 Å². The van der Waals surface area contributed by atoms with Gasteiger partial charge in [-0.1, -0.05) is 0 Å². The van der Waals surface area contributed by atoms with Gasteiger partial charge in [-0.05, 0) is 20.8 Å². The van der Waals surface area contributed by atoms with Crippen LogP contribution in [0.25, 0.3) is 0 Å². The van der Waals surface area contributed by atoms with Gasteiger partial charge in [0.25, 0.3) is 0 Å². The largest absolute Gasteiger partial charge is 0.481 e. The van der Waals surface area contributed by atoms with Crippen molar-refractivity contribution in [2.75, 3.05) is 32.9 Å². The number of hydrogen-bond acceptors (Lipinski definition) is 4. The van der Waals surface area contributed by atoms with Crippen LogP contribution in [-0.4, -0.2) is 66.6 Å². The molecule has 0 spiro atoms. The van der Waals surface area contributed by atoms with Crippen molar-refractivity contribution in [2.24, 2.45) is 0 Å². The number of ether oxygens (including phenoxy) is 2. The Hall–Kier alpha value is -1.34. The number of rotatable bonds is 6. The Morgan fingerprint density at radius 1 is 1.50 bits per heavy atom. The normalized spacial score (nSPS) is 19.8. The summed E-state index contributed by atoms with van der Waals surface area (Å²) in [4.78, 5) is 24.5. The quantitative estimate of drug-likeness (QED) is 0.750. The number of carbonyl (C=O) groups is 2. The topological polar surface area (TPSA) is 88.1 Å². The zero-order valence-corrected chi connectivity index (χ0v) is 12.3. The third-order valence-electron chi connectivity index (χ3n) is 3.10. The fourth-order valence-corrected chi connectivity index (χ4v) is 2.12. The molecular weight excluding hydrogens is 264 g/mol. The Balaban J connectivity index is 2.53. The third kappa shape index (κ3) is 5.34. The van der Waals surface area contributed by atoms with E-state index in [1.807, 2.05) is 20.8 Å². The number of aliphatic carboxylic acids is 1. The molecule has 20 heavy (non-hydrogen) atoms. The molecule has 7 nitrogen and oxygen atoms in total. The molecule has 0 aromatic carbocycles. The van der Waals surface area contributed by atoms with E-state index < -0.39 is 17.6 Å². The molecule has 0 saturated carbocycles. The Morgan fingerprint density at radius 2 is 2.20 bits per heavy atom. The maximum atomic E-state index is 12.2. The predicted molar refractivity (Wildman–Crippen MR) is 72.7 cm³/mol. The number of nitrogens with one attached hydrogen (secondary N) is 1. The number of carbonyl (C=O) groups excluding carboxylic acids is 1. The first kappa shape index (κ1) is 16.7. The van der Waals surface area contributed by atoms with Gasteiger partial charge in [-0.25, -0.2) is 4.79 Å². The van der Waals surface area contributed by atoms with Crippen LogP contribution in [0.2, 0.25) is 0 Å².